The summed E-state index contributed by atoms with van der Waals surface area (Å²) in [5, 5.41) is 0. The standard InChI is InChI=1S/C28H35NO3S2/c1-6-13-24(29-34(30,31)27-20-18-23(2)19-21-27)22-32-33(28(3,4)5,25-14-9-7-10-15-25)26-16-11-8-12-17-26/h6-12,14-21,24,29H,1,13,22H2,2-5H3. The van der Waals surface area contributed by atoms with Crippen molar-refractivity contribution in [2.75, 3.05) is 6.61 Å². The van der Waals surface area contributed by atoms with Crippen LogP contribution in [-0.4, -0.2) is 25.8 Å². The minimum atomic E-state index is -3.70. The SMILES string of the molecule is C=CCC(COS(c1ccccc1)(c1ccccc1)C(C)(C)C)NS(=O)(=O)c1ccc(C)cc1. The first-order valence-electron chi connectivity index (χ1n) is 11.4. The van der Waals surface area contributed by atoms with E-state index in [1.54, 1.807) is 30.3 Å². The van der Waals surface area contributed by atoms with E-state index in [2.05, 4.69) is 56.3 Å². The van der Waals surface area contributed by atoms with Gasteiger partial charge in [0.2, 0.25) is 10.0 Å². The summed E-state index contributed by atoms with van der Waals surface area (Å²) in [5.74, 6) is 0. The third-order valence-corrected chi connectivity index (χ3v) is 11.2. The van der Waals surface area contributed by atoms with Crippen molar-refractivity contribution in [1.82, 2.24) is 4.72 Å². The van der Waals surface area contributed by atoms with Gasteiger partial charge in [-0.1, -0.05) is 70.5 Å². The van der Waals surface area contributed by atoms with E-state index in [0.717, 1.165) is 15.4 Å². The summed E-state index contributed by atoms with van der Waals surface area (Å²) in [5.41, 5.74) is 1.01. The molecule has 0 amide bonds. The molecule has 0 fully saturated rings. The average Bonchev–Trinajstić information content (AvgIpc) is 2.80. The number of rotatable bonds is 10. The van der Waals surface area contributed by atoms with E-state index >= 15 is 0 Å². The van der Waals surface area contributed by atoms with Crippen LogP contribution in [0.15, 0.2) is 112 Å². The fourth-order valence-corrected chi connectivity index (χ4v) is 8.92. The quantitative estimate of drug-likeness (QED) is 0.311. The molecule has 34 heavy (non-hydrogen) atoms. The molecule has 0 aromatic heterocycles. The second-order valence-corrected chi connectivity index (χ2v) is 14.5. The molecule has 0 aliphatic rings. The molecule has 1 unspecified atom stereocenters. The van der Waals surface area contributed by atoms with Crippen LogP contribution in [0.25, 0.3) is 0 Å². The third-order valence-electron chi connectivity index (χ3n) is 5.56. The van der Waals surface area contributed by atoms with Gasteiger partial charge in [0.1, 0.15) is 0 Å². The van der Waals surface area contributed by atoms with E-state index in [0.29, 0.717) is 6.42 Å². The number of sulfonamides is 1. The largest absolute Gasteiger partial charge is 0.326 e. The van der Waals surface area contributed by atoms with Crippen LogP contribution in [0.1, 0.15) is 32.8 Å². The molecule has 3 rings (SSSR count). The second-order valence-electron chi connectivity index (χ2n) is 9.23. The van der Waals surface area contributed by atoms with Gasteiger partial charge < -0.3 is 4.18 Å². The fourth-order valence-electron chi connectivity index (χ4n) is 3.92. The predicted molar refractivity (Wildman–Crippen MR) is 143 cm³/mol. The van der Waals surface area contributed by atoms with E-state index in [1.807, 2.05) is 43.3 Å². The highest BCUT2D eigenvalue weighted by atomic mass is 32.3. The Labute approximate surface area is 206 Å². The molecular weight excluding hydrogens is 462 g/mol. The molecule has 0 saturated carbocycles. The summed E-state index contributed by atoms with van der Waals surface area (Å²) in [6.07, 6.45) is 2.18. The molecule has 182 valence electrons. The number of aryl methyl sites for hydroxylation is 1. The number of hydrogen-bond acceptors (Lipinski definition) is 3. The molecule has 0 saturated heterocycles. The summed E-state index contributed by atoms with van der Waals surface area (Å²) in [6.45, 7) is 12.5. The van der Waals surface area contributed by atoms with E-state index in [-0.39, 0.29) is 16.2 Å². The lowest BCUT2D eigenvalue weighted by molar-refractivity contribution is 0.301. The Morgan fingerprint density at radius 1 is 0.853 bits per heavy atom. The summed E-state index contributed by atoms with van der Waals surface area (Å²) in [6, 6.07) is 26.9. The van der Waals surface area contributed by atoms with E-state index < -0.39 is 26.4 Å². The van der Waals surface area contributed by atoms with E-state index in [9.17, 15) is 8.42 Å². The average molecular weight is 498 g/mol. The van der Waals surface area contributed by atoms with Crippen molar-refractivity contribution < 1.29 is 12.6 Å². The highest BCUT2D eigenvalue weighted by molar-refractivity contribution is 8.31. The van der Waals surface area contributed by atoms with Crippen molar-refractivity contribution in [2.24, 2.45) is 0 Å². The van der Waals surface area contributed by atoms with Crippen LogP contribution < -0.4 is 4.72 Å². The van der Waals surface area contributed by atoms with Gasteiger partial charge in [0.15, 0.2) is 0 Å². The zero-order valence-electron chi connectivity index (χ0n) is 20.4. The Bertz CT molecular complexity index is 1130. The molecule has 1 atom stereocenters. The maximum Gasteiger partial charge on any atom is 0.240 e. The van der Waals surface area contributed by atoms with Gasteiger partial charge in [-0.2, -0.15) is 0 Å². The van der Waals surface area contributed by atoms with Crippen molar-refractivity contribution in [2.45, 2.75) is 59.6 Å². The van der Waals surface area contributed by atoms with Crippen molar-refractivity contribution in [3.05, 3.63) is 103 Å². The summed E-state index contributed by atoms with van der Waals surface area (Å²) >= 11 is 0. The van der Waals surface area contributed by atoms with Gasteiger partial charge in [-0.05, 0) is 70.5 Å². The molecule has 3 aromatic carbocycles. The minimum absolute atomic E-state index is 0.216. The van der Waals surface area contributed by atoms with Crippen molar-refractivity contribution in [3.8, 4) is 0 Å². The lowest BCUT2D eigenvalue weighted by Crippen LogP contribution is -2.39. The lowest BCUT2D eigenvalue weighted by Gasteiger charge is -2.50. The second kappa shape index (κ2) is 10.9. The number of benzene rings is 3. The molecule has 0 heterocycles. The molecule has 0 aliphatic carbocycles. The molecule has 4 nitrogen and oxygen atoms in total. The van der Waals surface area contributed by atoms with Crippen molar-refractivity contribution in [3.63, 3.8) is 0 Å². The van der Waals surface area contributed by atoms with Gasteiger partial charge in [0, 0.05) is 14.5 Å². The zero-order valence-corrected chi connectivity index (χ0v) is 22.0. The highest BCUT2D eigenvalue weighted by Gasteiger charge is 2.42. The summed E-state index contributed by atoms with van der Waals surface area (Å²) in [7, 11) is -5.68. The van der Waals surface area contributed by atoms with Gasteiger partial charge in [0.05, 0.1) is 17.5 Å². The monoisotopic (exact) mass is 497 g/mol. The van der Waals surface area contributed by atoms with Crippen LogP contribution in [0.5, 0.6) is 0 Å². The summed E-state index contributed by atoms with van der Waals surface area (Å²) in [4.78, 5) is 2.45. The van der Waals surface area contributed by atoms with Crippen LogP contribution >= 0.6 is 10.3 Å². The Kier molecular flexibility index (Phi) is 8.42. The van der Waals surface area contributed by atoms with Gasteiger partial charge in [-0.25, -0.2) is 13.1 Å². The first-order valence-corrected chi connectivity index (χ1v) is 14.4. The normalized spacial score (nSPS) is 13.9. The van der Waals surface area contributed by atoms with Crippen LogP contribution in [-0.2, 0) is 14.2 Å². The van der Waals surface area contributed by atoms with Crippen LogP contribution in [0, 0.1) is 6.92 Å². The van der Waals surface area contributed by atoms with Crippen LogP contribution in [0.3, 0.4) is 0 Å². The molecule has 0 radical (unpaired) electrons. The molecule has 0 aliphatic heterocycles. The van der Waals surface area contributed by atoms with E-state index in [1.165, 1.54) is 0 Å². The van der Waals surface area contributed by atoms with Gasteiger partial charge >= 0.3 is 0 Å². The maximum atomic E-state index is 13.1. The molecular formula is C28H35NO3S2. The van der Waals surface area contributed by atoms with Crippen molar-refractivity contribution in [1.29, 1.82) is 0 Å². The van der Waals surface area contributed by atoms with Crippen molar-refractivity contribution >= 4 is 20.3 Å². The zero-order chi connectivity index (χ0) is 24.8. The number of nitrogens with one attached hydrogen (secondary N) is 1. The van der Waals surface area contributed by atoms with Crippen LogP contribution in [0.2, 0.25) is 0 Å². The van der Waals surface area contributed by atoms with Gasteiger partial charge in [0.25, 0.3) is 0 Å². The minimum Gasteiger partial charge on any atom is -0.326 e. The molecule has 3 aromatic rings. The Balaban J connectivity index is 1.98. The lowest BCUT2D eigenvalue weighted by atomic mass is 10.2. The summed E-state index contributed by atoms with van der Waals surface area (Å²) < 4.78 is 35.7. The smallest absolute Gasteiger partial charge is 0.240 e. The Morgan fingerprint density at radius 2 is 1.35 bits per heavy atom. The first kappa shape index (κ1) is 26.2. The third kappa shape index (κ3) is 5.81. The fraction of sp³-hybridized carbons (Fsp3) is 0.286. The van der Waals surface area contributed by atoms with Gasteiger partial charge in [-0.15, -0.1) is 6.58 Å². The van der Waals surface area contributed by atoms with E-state index in [4.69, 9.17) is 4.18 Å². The predicted octanol–water partition coefficient (Wildman–Crippen LogP) is 6.87. The molecule has 1 N–H and O–H groups in total. The molecule has 6 heteroatoms. The Hall–Kier alpha value is -2.38. The number of hydrogen-bond donors (Lipinski definition) is 1. The Morgan fingerprint density at radius 3 is 1.79 bits per heavy atom. The van der Waals surface area contributed by atoms with Crippen LogP contribution in [0.4, 0.5) is 0 Å². The van der Waals surface area contributed by atoms with Gasteiger partial charge in [-0.3, -0.25) is 0 Å². The maximum absolute atomic E-state index is 13.1. The highest BCUT2D eigenvalue weighted by Crippen LogP contribution is 2.71. The topological polar surface area (TPSA) is 55.4 Å². The molecule has 0 spiro atoms. The first-order chi connectivity index (χ1) is 16.1. The molecule has 0 bridgehead atoms.